The number of nitrogens with zero attached hydrogens (tertiary/aromatic N) is 10. The van der Waals surface area contributed by atoms with E-state index in [9.17, 15) is 58.5 Å². The van der Waals surface area contributed by atoms with Crippen LogP contribution in [-0.2, 0) is 19.2 Å². The summed E-state index contributed by atoms with van der Waals surface area (Å²) in [6, 6.07) is 38.2. The highest BCUT2D eigenvalue weighted by Gasteiger charge is 2.65. The van der Waals surface area contributed by atoms with Gasteiger partial charge in [-0.2, -0.15) is 10.5 Å². The van der Waals surface area contributed by atoms with Crippen molar-refractivity contribution in [2.24, 2.45) is 38.9 Å². The average Bonchev–Trinajstić information content (AvgIpc) is 0.772. The Labute approximate surface area is 709 Å². The fourth-order valence-corrected chi connectivity index (χ4v) is 21.9. The van der Waals surface area contributed by atoms with Gasteiger partial charge < -0.3 is 39.7 Å². The number of fused-ring (bicyclic) bond motifs is 2. The first-order valence-electron chi connectivity index (χ1n) is 41.9. The number of piperazine rings is 2. The van der Waals surface area contributed by atoms with E-state index in [1.807, 2.05) is 60.7 Å². The minimum Gasteiger partial charge on any atom is -0.489 e. The number of piperidine rings is 3. The zero-order valence-corrected chi connectivity index (χ0v) is 70.7. The van der Waals surface area contributed by atoms with Crippen molar-refractivity contribution in [3.63, 3.8) is 0 Å². The van der Waals surface area contributed by atoms with Crippen LogP contribution in [0.15, 0.2) is 121 Å². The van der Waals surface area contributed by atoms with Gasteiger partial charge in [0, 0.05) is 190 Å². The number of nitrogens with one attached hydrogen (secondary N) is 4. The van der Waals surface area contributed by atoms with Crippen LogP contribution in [0, 0.1) is 61.6 Å². The minimum atomic E-state index is -1.10. The molecule has 10 aliphatic rings. The van der Waals surface area contributed by atoms with Gasteiger partial charge in [-0.15, -0.1) is 0 Å². The molecule has 0 radical (unpaired) electrons. The maximum absolute atomic E-state index is 14.3. The molecule has 4 N–H and O–H groups in total. The molecule has 6 aromatic carbocycles. The molecule has 8 fully saturated rings. The number of ether oxygens (including phenoxy) is 2. The van der Waals surface area contributed by atoms with Crippen LogP contribution in [0.4, 0.5) is 22.7 Å². The SMILES string of the molecule is CC(C)C1[C@@H](NC(=O)c2ccc(N3CCN(C(CCC4(CN5CCN(c6ccc(C(=O)N[C@H]7C(C)(C)[C@H](Oc8ccc(C#N)c(Cl)c8)C7(C)C)cc6)CC5)CN(c5ccc6c(c5)C(=O)N(C5CCC(=O)NC5=O)C6=O)C4)C4(C)CCN(c5ccc6c(c5)C(=O)N(C5CCC(=O)NC5=O)C6=O)CC4)CC3)cc2)C(C)(C)[C@@H]1Oc1ccc(C#N)c(Cl)c1. The molecule has 2 aliphatic carbocycles. The Morgan fingerprint density at radius 3 is 1.43 bits per heavy atom. The summed E-state index contributed by atoms with van der Waals surface area (Å²) in [6.45, 7) is 28.6. The van der Waals surface area contributed by atoms with E-state index in [2.05, 4.69) is 125 Å². The van der Waals surface area contributed by atoms with Gasteiger partial charge >= 0.3 is 0 Å². The minimum absolute atomic E-state index is 0.000727. The van der Waals surface area contributed by atoms with Crippen molar-refractivity contribution in [2.45, 2.75) is 156 Å². The molecule has 6 aromatic rings. The number of hydrogen-bond donors (Lipinski definition) is 4. The van der Waals surface area contributed by atoms with Crippen molar-refractivity contribution >= 4 is 105 Å². The van der Waals surface area contributed by atoms with Crippen LogP contribution < -0.4 is 50.3 Å². The van der Waals surface area contributed by atoms with Crippen molar-refractivity contribution in [3.8, 4) is 23.6 Å². The highest BCUT2D eigenvalue weighted by Crippen LogP contribution is 2.57. The molecule has 626 valence electrons. The summed E-state index contributed by atoms with van der Waals surface area (Å²) in [5.41, 5.74) is 4.55. The number of nitriles is 2. The lowest BCUT2D eigenvalue weighted by Crippen LogP contribution is -2.74. The third-order valence-corrected chi connectivity index (χ3v) is 28.7. The molecular weight excluding hydrogens is 1560 g/mol. The van der Waals surface area contributed by atoms with E-state index in [-0.39, 0.29) is 113 Å². The van der Waals surface area contributed by atoms with Crippen molar-refractivity contribution in [2.75, 3.05) is 105 Å². The molecule has 6 saturated heterocycles. The Kier molecular flexibility index (Phi) is 22.0. The Hall–Kier alpha value is -10.9. The van der Waals surface area contributed by atoms with Crippen LogP contribution in [0.2, 0.25) is 10.0 Å². The number of carbonyl (C=O) groups is 10. The monoisotopic (exact) mass is 1660 g/mol. The Bertz CT molecular complexity index is 5240. The maximum Gasteiger partial charge on any atom is 0.262 e. The second-order valence-corrected chi connectivity index (χ2v) is 37.8. The summed E-state index contributed by atoms with van der Waals surface area (Å²) in [5, 5.41) is 30.9. The smallest absolute Gasteiger partial charge is 0.262 e. The van der Waals surface area contributed by atoms with Crippen LogP contribution >= 0.6 is 23.2 Å². The third kappa shape index (κ3) is 15.2. The van der Waals surface area contributed by atoms with E-state index in [0.29, 0.717) is 70.0 Å². The van der Waals surface area contributed by atoms with Gasteiger partial charge in [-0.05, 0) is 159 Å². The van der Waals surface area contributed by atoms with Gasteiger partial charge in [0.15, 0.2) is 0 Å². The lowest BCUT2D eigenvalue weighted by atomic mass is 9.49. The highest BCUT2D eigenvalue weighted by molar-refractivity contribution is 6.32. The Morgan fingerprint density at radius 2 is 0.958 bits per heavy atom. The molecule has 16 rings (SSSR count). The molecular formula is C92H102Cl2N14O12. The van der Waals surface area contributed by atoms with Crippen LogP contribution in [0.1, 0.15) is 187 Å². The van der Waals surface area contributed by atoms with Gasteiger partial charge in [0.1, 0.15) is 47.9 Å². The normalized spacial score (nSPS) is 25.1. The number of amides is 10. The topological polar surface area (TPSA) is 311 Å². The number of halogens is 2. The van der Waals surface area contributed by atoms with E-state index in [4.69, 9.17) is 32.7 Å². The fraction of sp³-hybridized carbons (Fsp3) is 0.478. The summed E-state index contributed by atoms with van der Waals surface area (Å²) in [5.74, 6) is -3.50. The number of hydrogen-bond acceptors (Lipinski definition) is 20. The maximum atomic E-state index is 14.3. The van der Waals surface area contributed by atoms with E-state index >= 15 is 0 Å². The van der Waals surface area contributed by atoms with Gasteiger partial charge in [0.2, 0.25) is 23.6 Å². The molecule has 6 atom stereocenters. The van der Waals surface area contributed by atoms with Crippen molar-refractivity contribution in [3.05, 3.63) is 176 Å². The first kappa shape index (κ1) is 82.8. The van der Waals surface area contributed by atoms with Crippen LogP contribution in [0.3, 0.4) is 0 Å². The number of imide groups is 4. The second kappa shape index (κ2) is 31.9. The molecule has 26 nitrogen and oxygen atoms in total. The van der Waals surface area contributed by atoms with E-state index < -0.39 is 75.6 Å². The number of rotatable bonds is 22. The summed E-state index contributed by atoms with van der Waals surface area (Å²) in [6.07, 6.45) is 2.96. The molecule has 28 heteroatoms. The first-order chi connectivity index (χ1) is 57.2. The van der Waals surface area contributed by atoms with Crippen LogP contribution in [0.25, 0.3) is 0 Å². The van der Waals surface area contributed by atoms with Gasteiger partial charge in [-0.25, -0.2) is 0 Å². The van der Waals surface area contributed by atoms with Crippen molar-refractivity contribution in [1.82, 2.24) is 40.9 Å². The molecule has 0 aromatic heterocycles. The molecule has 8 aliphatic heterocycles. The predicted molar refractivity (Wildman–Crippen MR) is 452 cm³/mol. The Morgan fingerprint density at radius 1 is 0.517 bits per heavy atom. The number of anilines is 4. The summed E-state index contributed by atoms with van der Waals surface area (Å²) in [7, 11) is 0. The van der Waals surface area contributed by atoms with E-state index in [0.717, 1.165) is 117 Å². The van der Waals surface area contributed by atoms with Crippen LogP contribution in [-0.4, -0.2) is 206 Å². The van der Waals surface area contributed by atoms with Gasteiger partial charge in [-0.1, -0.05) is 85.5 Å². The van der Waals surface area contributed by atoms with E-state index in [1.54, 1.807) is 60.7 Å². The van der Waals surface area contributed by atoms with E-state index in [1.165, 1.54) is 0 Å². The van der Waals surface area contributed by atoms with Gasteiger partial charge in [0.05, 0.1) is 43.4 Å². The Balaban J connectivity index is 0.626. The largest absolute Gasteiger partial charge is 0.489 e. The standard InChI is InChI=1S/C92H102Cl2N14O12/c1-53(2)75-76(88(3,4)77(75)119-62-22-14-56(48-95)68(93)46-62)99-78(111)54-10-16-59(17-11-54)104-40-42-105(43-41-104)72(91(9)32-34-102(35-33-91)60-20-24-64-66(44-60)84(117)107(82(64)115)70-26-28-73(109)97-80(70)113)30-31-92(51-106(52-92)61-21-25-65-67(45-61)85(118)108(83(65)116)71-27-29-74(110)98-81(71)114)50-101-36-38-103(39-37-101)58-18-12-55(13-19-58)79(112)100-86-89(5,6)87(90(86,7)8)120-63-23-15-57(49-96)69(94)47-63/h10-25,44-47,53,70-72,75-77,86-87H,26-43,50-52H2,1-9H3,(H,99,111)(H,100,112)(H,97,109,113)(H,98,110,114)/t70?,71?,72?,75?,76-,77-,86-,87-/m1/s1. The quantitative estimate of drug-likeness (QED) is 0.0459. The predicted octanol–water partition coefficient (Wildman–Crippen LogP) is 10.9. The molecule has 4 unspecified atom stereocenters. The molecule has 0 bridgehead atoms. The number of carbonyl (C=O) groups excluding carboxylic acids is 10. The molecule has 8 heterocycles. The van der Waals surface area contributed by atoms with Gasteiger partial charge in [0.25, 0.3) is 35.4 Å². The van der Waals surface area contributed by atoms with Crippen molar-refractivity contribution in [1.29, 1.82) is 10.5 Å². The molecule has 0 spiro atoms. The van der Waals surface area contributed by atoms with Crippen molar-refractivity contribution < 1.29 is 57.4 Å². The van der Waals surface area contributed by atoms with Crippen LogP contribution in [0.5, 0.6) is 11.5 Å². The summed E-state index contributed by atoms with van der Waals surface area (Å²) >= 11 is 12.8. The number of benzene rings is 6. The molecule has 10 amide bonds. The molecule has 120 heavy (non-hydrogen) atoms. The summed E-state index contributed by atoms with van der Waals surface area (Å²) < 4.78 is 13.1. The zero-order valence-electron chi connectivity index (χ0n) is 69.2. The fourth-order valence-electron chi connectivity index (χ4n) is 21.5. The second-order valence-electron chi connectivity index (χ2n) is 37.0. The highest BCUT2D eigenvalue weighted by atomic mass is 35.5. The van der Waals surface area contributed by atoms with Gasteiger partial charge in [-0.3, -0.25) is 78.2 Å². The third-order valence-electron chi connectivity index (χ3n) is 28.0. The lowest BCUT2D eigenvalue weighted by molar-refractivity contribution is -0.164. The summed E-state index contributed by atoms with van der Waals surface area (Å²) in [4.78, 5) is 152. The molecule has 2 saturated carbocycles. The average molecular weight is 1670 g/mol. The zero-order chi connectivity index (χ0) is 85.0. The first-order valence-corrected chi connectivity index (χ1v) is 42.7. The lowest BCUT2D eigenvalue weighted by Gasteiger charge is -2.63.